The van der Waals surface area contributed by atoms with Gasteiger partial charge in [0.05, 0.1) is 12.0 Å². The first-order chi connectivity index (χ1) is 7.06. The van der Waals surface area contributed by atoms with Crippen LogP contribution in [0.4, 0.5) is 0 Å². The van der Waals surface area contributed by atoms with E-state index in [4.69, 9.17) is 15.2 Å². The van der Waals surface area contributed by atoms with Gasteiger partial charge in [-0.25, -0.2) is 0 Å². The Balaban J connectivity index is 4.38. The number of esters is 1. The molecular weight excluding hydrogens is 194 g/mol. The predicted octanol–water partition coefficient (Wildman–Crippen LogP) is 1.33. The second-order valence-electron chi connectivity index (χ2n) is 3.86. The first kappa shape index (κ1) is 14.4. The second kappa shape index (κ2) is 6.80. The third kappa shape index (κ3) is 3.80. The summed E-state index contributed by atoms with van der Waals surface area (Å²) in [5.41, 5.74) is 5.12. The molecule has 0 amide bonds. The van der Waals surface area contributed by atoms with Gasteiger partial charge < -0.3 is 15.2 Å². The molecule has 0 aromatic heterocycles. The summed E-state index contributed by atoms with van der Waals surface area (Å²) in [6, 6.07) is 0. The Labute approximate surface area is 92.1 Å². The Morgan fingerprint density at radius 2 is 1.93 bits per heavy atom. The number of ether oxygens (including phenoxy) is 2. The topological polar surface area (TPSA) is 61.6 Å². The van der Waals surface area contributed by atoms with Crippen molar-refractivity contribution in [2.75, 3.05) is 20.3 Å². The van der Waals surface area contributed by atoms with Gasteiger partial charge in [-0.15, -0.1) is 0 Å². The smallest absolute Gasteiger partial charge is 0.313 e. The van der Waals surface area contributed by atoms with Crippen molar-refractivity contribution in [2.24, 2.45) is 11.1 Å². The highest BCUT2D eigenvalue weighted by molar-refractivity contribution is 5.77. The number of rotatable bonds is 7. The van der Waals surface area contributed by atoms with E-state index in [1.165, 1.54) is 0 Å². The summed E-state index contributed by atoms with van der Waals surface area (Å²) in [6.45, 7) is 6.48. The van der Waals surface area contributed by atoms with E-state index >= 15 is 0 Å². The molecule has 0 saturated carbocycles. The van der Waals surface area contributed by atoms with Crippen LogP contribution in [0, 0.1) is 5.41 Å². The fourth-order valence-electron chi connectivity index (χ4n) is 1.49. The molecule has 0 aliphatic carbocycles. The molecule has 0 rings (SSSR count). The van der Waals surface area contributed by atoms with Gasteiger partial charge in [0.15, 0.2) is 0 Å². The second-order valence-corrected chi connectivity index (χ2v) is 3.86. The van der Waals surface area contributed by atoms with E-state index < -0.39 is 5.41 Å². The number of carbonyl (C=O) groups excluding carboxylic acids is 1. The standard InChI is InChI=1S/C11H23NO3/c1-5-11(6-2,8-12)10(13)15-9(3)7-14-4/h9H,5-8,12H2,1-4H3. The minimum absolute atomic E-state index is 0.209. The van der Waals surface area contributed by atoms with Crippen LogP contribution in [0.2, 0.25) is 0 Å². The molecule has 0 radical (unpaired) electrons. The third-order valence-corrected chi connectivity index (χ3v) is 2.89. The molecule has 0 bridgehead atoms. The lowest BCUT2D eigenvalue weighted by Gasteiger charge is -2.28. The van der Waals surface area contributed by atoms with E-state index in [-0.39, 0.29) is 12.1 Å². The van der Waals surface area contributed by atoms with Crippen molar-refractivity contribution in [3.63, 3.8) is 0 Å². The fourth-order valence-corrected chi connectivity index (χ4v) is 1.49. The van der Waals surface area contributed by atoms with E-state index in [1.807, 2.05) is 20.8 Å². The summed E-state index contributed by atoms with van der Waals surface area (Å²) in [5, 5.41) is 0. The number of hydrogen-bond acceptors (Lipinski definition) is 4. The molecule has 4 nitrogen and oxygen atoms in total. The minimum atomic E-state index is -0.526. The van der Waals surface area contributed by atoms with E-state index in [0.717, 1.165) is 0 Å². The van der Waals surface area contributed by atoms with Crippen LogP contribution >= 0.6 is 0 Å². The molecule has 0 aromatic rings. The van der Waals surface area contributed by atoms with Crippen LogP contribution in [-0.2, 0) is 14.3 Å². The maximum Gasteiger partial charge on any atom is 0.313 e. The molecule has 1 unspecified atom stereocenters. The molecule has 4 heteroatoms. The van der Waals surface area contributed by atoms with Crippen LogP contribution < -0.4 is 5.73 Å². The van der Waals surface area contributed by atoms with Gasteiger partial charge in [-0.05, 0) is 19.8 Å². The summed E-state index contributed by atoms with van der Waals surface area (Å²) >= 11 is 0. The minimum Gasteiger partial charge on any atom is -0.460 e. The summed E-state index contributed by atoms with van der Waals surface area (Å²) < 4.78 is 10.2. The predicted molar refractivity (Wildman–Crippen MR) is 59.5 cm³/mol. The van der Waals surface area contributed by atoms with Crippen molar-refractivity contribution in [1.82, 2.24) is 0 Å². The number of nitrogens with two attached hydrogens (primary N) is 1. The molecule has 0 aromatic carbocycles. The van der Waals surface area contributed by atoms with Gasteiger partial charge in [0.25, 0.3) is 0 Å². The van der Waals surface area contributed by atoms with E-state index in [2.05, 4.69) is 0 Å². The van der Waals surface area contributed by atoms with Gasteiger partial charge in [-0.3, -0.25) is 4.79 Å². The number of carbonyl (C=O) groups is 1. The van der Waals surface area contributed by atoms with Gasteiger partial charge in [0.1, 0.15) is 6.10 Å². The number of hydrogen-bond donors (Lipinski definition) is 1. The van der Waals surface area contributed by atoms with Crippen LogP contribution in [0.5, 0.6) is 0 Å². The van der Waals surface area contributed by atoms with Crippen LogP contribution in [0.1, 0.15) is 33.6 Å². The SMILES string of the molecule is CCC(CC)(CN)C(=O)OC(C)COC. The van der Waals surface area contributed by atoms with Crippen molar-refractivity contribution in [2.45, 2.75) is 39.7 Å². The Bertz CT molecular complexity index is 182. The molecule has 0 heterocycles. The van der Waals surface area contributed by atoms with Crippen molar-refractivity contribution >= 4 is 5.97 Å². The summed E-state index contributed by atoms with van der Waals surface area (Å²) in [7, 11) is 1.58. The zero-order valence-corrected chi connectivity index (χ0v) is 10.2. The van der Waals surface area contributed by atoms with E-state index in [0.29, 0.717) is 26.0 Å². The van der Waals surface area contributed by atoms with Crippen LogP contribution in [0.25, 0.3) is 0 Å². The average molecular weight is 217 g/mol. The molecule has 0 aliphatic heterocycles. The zero-order chi connectivity index (χ0) is 11.9. The van der Waals surface area contributed by atoms with Gasteiger partial charge in [0.2, 0.25) is 0 Å². The lowest BCUT2D eigenvalue weighted by atomic mass is 9.82. The van der Waals surface area contributed by atoms with Crippen LogP contribution in [0.15, 0.2) is 0 Å². The first-order valence-corrected chi connectivity index (χ1v) is 5.46. The van der Waals surface area contributed by atoms with Crippen LogP contribution in [-0.4, -0.2) is 32.3 Å². The lowest BCUT2D eigenvalue weighted by molar-refractivity contribution is -0.163. The lowest BCUT2D eigenvalue weighted by Crippen LogP contribution is -2.40. The number of methoxy groups -OCH3 is 1. The molecule has 0 fully saturated rings. The first-order valence-electron chi connectivity index (χ1n) is 5.46. The highest BCUT2D eigenvalue weighted by Gasteiger charge is 2.35. The van der Waals surface area contributed by atoms with E-state index in [1.54, 1.807) is 7.11 Å². The van der Waals surface area contributed by atoms with Gasteiger partial charge in [-0.1, -0.05) is 13.8 Å². The summed E-state index contributed by atoms with van der Waals surface area (Å²) in [5.74, 6) is -0.209. The molecule has 15 heavy (non-hydrogen) atoms. The Hall–Kier alpha value is -0.610. The molecule has 0 aliphatic rings. The molecule has 0 saturated heterocycles. The molecule has 0 spiro atoms. The fraction of sp³-hybridized carbons (Fsp3) is 0.909. The largest absolute Gasteiger partial charge is 0.460 e. The maximum absolute atomic E-state index is 11.9. The quantitative estimate of drug-likeness (QED) is 0.653. The Morgan fingerprint density at radius 1 is 1.40 bits per heavy atom. The van der Waals surface area contributed by atoms with Gasteiger partial charge in [-0.2, -0.15) is 0 Å². The molecule has 90 valence electrons. The normalized spacial score (nSPS) is 13.7. The third-order valence-electron chi connectivity index (χ3n) is 2.89. The molecule has 2 N–H and O–H groups in total. The maximum atomic E-state index is 11.9. The van der Waals surface area contributed by atoms with Crippen molar-refractivity contribution < 1.29 is 14.3 Å². The van der Waals surface area contributed by atoms with Crippen molar-refractivity contribution in [3.8, 4) is 0 Å². The zero-order valence-electron chi connectivity index (χ0n) is 10.2. The Morgan fingerprint density at radius 3 is 2.27 bits per heavy atom. The van der Waals surface area contributed by atoms with Crippen molar-refractivity contribution in [3.05, 3.63) is 0 Å². The molecule has 1 atom stereocenters. The highest BCUT2D eigenvalue weighted by atomic mass is 16.6. The average Bonchev–Trinajstić information content (AvgIpc) is 2.21. The van der Waals surface area contributed by atoms with E-state index in [9.17, 15) is 4.79 Å². The highest BCUT2D eigenvalue weighted by Crippen LogP contribution is 2.27. The van der Waals surface area contributed by atoms with Gasteiger partial charge in [0, 0.05) is 13.7 Å². The van der Waals surface area contributed by atoms with Crippen LogP contribution in [0.3, 0.4) is 0 Å². The monoisotopic (exact) mass is 217 g/mol. The Kier molecular flexibility index (Phi) is 6.52. The van der Waals surface area contributed by atoms with Crippen molar-refractivity contribution in [1.29, 1.82) is 0 Å². The summed E-state index contributed by atoms with van der Waals surface area (Å²) in [4.78, 5) is 11.9. The van der Waals surface area contributed by atoms with Gasteiger partial charge >= 0.3 is 5.97 Å². The molecular formula is C11H23NO3. The summed E-state index contributed by atoms with van der Waals surface area (Å²) in [6.07, 6.45) is 1.20.